The zero-order valence-corrected chi connectivity index (χ0v) is 52.7. The lowest BCUT2D eigenvalue weighted by molar-refractivity contribution is -0.161. The summed E-state index contributed by atoms with van der Waals surface area (Å²) in [4.78, 5) is 189. The number of amides is 11. The van der Waals surface area contributed by atoms with Gasteiger partial charge in [0.05, 0.1) is 19.6 Å². The number of esters is 1. The van der Waals surface area contributed by atoms with E-state index in [9.17, 15) is 62.3 Å². The number of aldehydes is 1. The summed E-state index contributed by atoms with van der Waals surface area (Å²) in [5.74, 6) is -10.9. The third-order valence-corrected chi connectivity index (χ3v) is 14.7. The molecule has 0 aromatic heterocycles. The Morgan fingerprint density at radius 2 is 0.915 bits per heavy atom. The van der Waals surface area contributed by atoms with Gasteiger partial charge in [-0.3, -0.25) is 57.5 Å². The molecule has 0 bridgehead atoms. The van der Waals surface area contributed by atoms with Crippen LogP contribution in [0, 0.1) is 35.5 Å². The van der Waals surface area contributed by atoms with Crippen LogP contribution in [0.2, 0.25) is 0 Å². The molecule has 82 heavy (non-hydrogen) atoms. The lowest BCUT2D eigenvalue weighted by Crippen LogP contribution is -2.60. The molecule has 2 unspecified atom stereocenters. The summed E-state index contributed by atoms with van der Waals surface area (Å²) < 4.78 is 5.59. The van der Waals surface area contributed by atoms with Crippen LogP contribution < -0.4 is 21.3 Å². The molecule has 0 saturated carbocycles. The van der Waals surface area contributed by atoms with Crippen LogP contribution in [-0.2, 0) is 67.1 Å². The number of nitrogens with zero attached hydrogens (tertiary/aromatic N) is 7. The van der Waals surface area contributed by atoms with E-state index in [1.165, 1.54) is 84.8 Å². The third-order valence-electron chi connectivity index (χ3n) is 14.7. The van der Waals surface area contributed by atoms with Crippen LogP contribution >= 0.6 is 0 Å². The van der Waals surface area contributed by atoms with Gasteiger partial charge < -0.3 is 65.1 Å². The minimum absolute atomic E-state index is 0.110. The quantitative estimate of drug-likeness (QED) is 0.137. The van der Waals surface area contributed by atoms with Crippen LogP contribution in [0.15, 0.2) is 0 Å². The average Bonchev–Trinajstić information content (AvgIpc) is 3.39. The molecule has 1 fully saturated rings. The molecule has 0 aromatic carbocycles. The zero-order valence-electron chi connectivity index (χ0n) is 52.7. The van der Waals surface area contributed by atoms with E-state index in [1.54, 1.807) is 13.8 Å². The van der Waals surface area contributed by atoms with E-state index in [4.69, 9.17) is 4.74 Å². The lowest BCUT2D eigenvalue weighted by Gasteiger charge is -2.38. The molecule has 0 spiro atoms. The van der Waals surface area contributed by atoms with E-state index in [1.807, 2.05) is 55.4 Å². The van der Waals surface area contributed by atoms with Crippen LogP contribution in [0.5, 0.6) is 0 Å². The standard InChI is InChI=1S/C57H99N11O14/c1-31(2)24-40-52(76)61-47(35(9)10)57(81)65(18)41(25-32(3)4)51(75)59-37(12)50(74)60-38(13)54(78)66(19)43(27-34(7)8)56(80)67(20)42(26-33(5)6)55(79)63(16)30-46(73)68(21)48(49(82-39(14)70)36(11)22-23-69)53(77)58-28-44(71)62(15)29-45(72)64(40)17/h23,31-38,40-43,47-49H,22,24-30H2,1-21H3,(H,58,77)(H,59,75)(H,60,74)(H,61,76)/t36-,37+,38-,40+,41+,42+,43+,47?,48?,49-/m1/s1. The maximum atomic E-state index is 14.7. The molecule has 10 atom stereocenters. The summed E-state index contributed by atoms with van der Waals surface area (Å²) in [5, 5.41) is 10.6. The second-order valence-electron chi connectivity index (χ2n) is 24.2. The monoisotopic (exact) mass is 1160 g/mol. The SMILES string of the molecule is CC(=O)O[C@@H](C1C(=O)NCC(=O)N(C)CC(=O)N(C)[C@@H](CC(C)C)C(=O)NC(C(C)C)C(=O)N(C)[C@@H](CC(C)C)C(=O)N[C@@H](C)C(=O)N[C@H](C)C(=O)N(C)[C@@H](CC(C)C)C(=O)N(C)[C@@H](CC(C)C)C(=O)N(C)CC(=O)N1C)[C@H](C)CC=O. The van der Waals surface area contributed by atoms with Gasteiger partial charge >= 0.3 is 5.97 Å². The molecule has 0 aliphatic carbocycles. The molecule has 0 aromatic rings. The van der Waals surface area contributed by atoms with Crippen molar-refractivity contribution >= 4 is 77.2 Å². The molecule has 0 radical (unpaired) electrons. The van der Waals surface area contributed by atoms with Crippen molar-refractivity contribution in [1.82, 2.24) is 55.6 Å². The first kappa shape index (κ1) is 73.3. The second kappa shape index (κ2) is 33.4. The molecular formula is C57H99N11O14. The second-order valence-corrected chi connectivity index (χ2v) is 24.2. The number of carbonyl (C=O) groups is 13. The summed E-state index contributed by atoms with van der Waals surface area (Å²) in [7, 11) is 9.44. The molecule has 11 amide bonds. The van der Waals surface area contributed by atoms with E-state index in [0.717, 1.165) is 26.5 Å². The zero-order chi connectivity index (χ0) is 63.5. The maximum absolute atomic E-state index is 14.7. The summed E-state index contributed by atoms with van der Waals surface area (Å²) >= 11 is 0. The first-order valence-corrected chi connectivity index (χ1v) is 28.4. The first-order valence-electron chi connectivity index (χ1n) is 28.4. The third kappa shape index (κ3) is 21.6. The Morgan fingerprint density at radius 1 is 0.500 bits per heavy atom. The van der Waals surface area contributed by atoms with Gasteiger partial charge in [0.2, 0.25) is 65.0 Å². The van der Waals surface area contributed by atoms with Gasteiger partial charge in [-0.1, -0.05) is 76.2 Å². The fourth-order valence-electron chi connectivity index (χ4n) is 9.57. The van der Waals surface area contributed by atoms with Crippen LogP contribution in [-0.4, -0.2) is 235 Å². The normalized spacial score (nSPS) is 25.3. The molecule has 1 saturated heterocycles. The van der Waals surface area contributed by atoms with Crippen LogP contribution in [0.1, 0.15) is 129 Å². The smallest absolute Gasteiger partial charge is 0.303 e. The van der Waals surface area contributed by atoms with Gasteiger partial charge in [-0.2, -0.15) is 0 Å². The highest BCUT2D eigenvalue weighted by molar-refractivity contribution is 5.99. The fourth-order valence-corrected chi connectivity index (χ4v) is 9.57. The highest BCUT2D eigenvalue weighted by Gasteiger charge is 2.43. The van der Waals surface area contributed by atoms with Crippen molar-refractivity contribution in [2.75, 3.05) is 69.0 Å². The van der Waals surface area contributed by atoms with Gasteiger partial charge in [0.15, 0.2) is 0 Å². The molecule has 1 aliphatic heterocycles. The predicted octanol–water partition coefficient (Wildman–Crippen LogP) is 0.659. The van der Waals surface area contributed by atoms with Crippen LogP contribution in [0.4, 0.5) is 0 Å². The molecule has 1 rings (SSSR count). The topological polar surface area (TPSA) is 302 Å². The van der Waals surface area contributed by atoms with Crippen molar-refractivity contribution in [1.29, 1.82) is 0 Å². The molecule has 25 nitrogen and oxygen atoms in total. The van der Waals surface area contributed by atoms with Gasteiger partial charge in [0.25, 0.3) is 0 Å². The average molecular weight is 1160 g/mol. The highest BCUT2D eigenvalue weighted by Crippen LogP contribution is 2.23. The Kier molecular flexibility index (Phi) is 29.9. The minimum Gasteiger partial charge on any atom is -0.459 e. The summed E-state index contributed by atoms with van der Waals surface area (Å²) in [6, 6.07) is -10.0. The van der Waals surface area contributed by atoms with E-state index >= 15 is 0 Å². The number of rotatable bonds is 14. The number of ether oxygens (including phenoxy) is 1. The Morgan fingerprint density at radius 3 is 1.39 bits per heavy atom. The van der Waals surface area contributed by atoms with Crippen molar-refractivity contribution in [3.63, 3.8) is 0 Å². The van der Waals surface area contributed by atoms with Gasteiger partial charge in [0, 0.05) is 68.6 Å². The molecular weight excluding hydrogens is 1060 g/mol. The van der Waals surface area contributed by atoms with Gasteiger partial charge in [-0.15, -0.1) is 0 Å². The number of carbonyl (C=O) groups excluding carboxylic acids is 13. The van der Waals surface area contributed by atoms with Crippen LogP contribution in [0.25, 0.3) is 0 Å². The van der Waals surface area contributed by atoms with Gasteiger partial charge in [-0.25, -0.2) is 0 Å². The van der Waals surface area contributed by atoms with E-state index in [0.29, 0.717) is 6.29 Å². The first-order chi connectivity index (χ1) is 37.8. The van der Waals surface area contributed by atoms with Crippen LogP contribution in [0.3, 0.4) is 0 Å². The van der Waals surface area contributed by atoms with Crippen molar-refractivity contribution in [3.8, 4) is 0 Å². The number of likely N-dealkylation sites (N-methyl/N-ethyl adjacent to an activating group) is 7. The van der Waals surface area contributed by atoms with Crippen molar-refractivity contribution in [2.24, 2.45) is 35.5 Å². The van der Waals surface area contributed by atoms with E-state index in [2.05, 4.69) is 21.3 Å². The Bertz CT molecular complexity index is 2280. The van der Waals surface area contributed by atoms with Gasteiger partial charge in [-0.05, 0) is 69.1 Å². The summed E-state index contributed by atoms with van der Waals surface area (Å²) in [6.45, 7) is 21.5. The fraction of sp³-hybridized carbons (Fsp3) is 0.772. The predicted molar refractivity (Wildman–Crippen MR) is 306 cm³/mol. The van der Waals surface area contributed by atoms with Gasteiger partial charge in [0.1, 0.15) is 60.7 Å². The number of hydrogen-bond acceptors (Lipinski definition) is 14. The van der Waals surface area contributed by atoms with Crippen molar-refractivity contribution in [2.45, 2.75) is 183 Å². The summed E-state index contributed by atoms with van der Waals surface area (Å²) in [5.41, 5.74) is 0. The molecule has 4 N–H and O–H groups in total. The Balaban J connectivity index is 4.16. The molecule has 466 valence electrons. The van der Waals surface area contributed by atoms with Crippen molar-refractivity contribution < 1.29 is 67.1 Å². The lowest BCUT2D eigenvalue weighted by atomic mass is 9.93. The number of hydrogen-bond donors (Lipinski definition) is 4. The largest absolute Gasteiger partial charge is 0.459 e. The maximum Gasteiger partial charge on any atom is 0.303 e. The number of nitrogens with one attached hydrogen (secondary N) is 4. The van der Waals surface area contributed by atoms with E-state index < -0.39 is 157 Å². The Labute approximate surface area is 486 Å². The molecule has 1 heterocycles. The van der Waals surface area contributed by atoms with E-state index in [-0.39, 0.29) is 55.8 Å². The Hall–Kier alpha value is -6.69. The highest BCUT2D eigenvalue weighted by atomic mass is 16.5. The molecule has 25 heteroatoms. The molecule has 1 aliphatic rings. The summed E-state index contributed by atoms with van der Waals surface area (Å²) in [6.07, 6.45) is -0.615. The minimum atomic E-state index is -1.69. The van der Waals surface area contributed by atoms with Crippen molar-refractivity contribution in [3.05, 3.63) is 0 Å².